The van der Waals surface area contributed by atoms with Crippen molar-refractivity contribution in [2.24, 2.45) is 11.8 Å². The first-order chi connectivity index (χ1) is 14.3. The molecule has 1 aromatic rings. The van der Waals surface area contributed by atoms with Crippen LogP contribution >= 0.6 is 22.9 Å². The molecular weight excluding hydrogens is 424 g/mol. The third-order valence-electron chi connectivity index (χ3n) is 5.76. The maximum Gasteiger partial charge on any atom is 0.0771 e. The zero-order valence-electron chi connectivity index (χ0n) is 17.5. The van der Waals surface area contributed by atoms with E-state index >= 15 is 0 Å². The molecule has 1 aromatic heterocycles. The van der Waals surface area contributed by atoms with Gasteiger partial charge < -0.3 is 25.5 Å². The molecule has 5 nitrogen and oxygen atoms in total. The standard InChI is InChI=1S/C23H35ClO5S/c1-15-21(24)12-18(30-15)10-8-16(26)9-11-20-19(22(28)13-23(20)29)7-5-3-2-4-6-17(27)14-25/h3,5,9,11-12,16-17,19-20,22-23,25-29H,2,4,6-8,10,13-14H2,1H3/b5-3-,11-9+/t16-,17?,19+,20+,22-,23+/m0/s1. The Morgan fingerprint density at radius 3 is 2.63 bits per heavy atom. The highest BCUT2D eigenvalue weighted by molar-refractivity contribution is 7.12. The largest absolute Gasteiger partial charge is 0.394 e. The minimum Gasteiger partial charge on any atom is -0.394 e. The van der Waals surface area contributed by atoms with Gasteiger partial charge >= 0.3 is 0 Å². The third kappa shape index (κ3) is 8.08. The van der Waals surface area contributed by atoms with E-state index in [0.29, 0.717) is 25.7 Å². The zero-order chi connectivity index (χ0) is 22.1. The third-order valence-corrected chi connectivity index (χ3v) is 7.37. The van der Waals surface area contributed by atoms with Crippen molar-refractivity contribution in [2.75, 3.05) is 6.61 Å². The van der Waals surface area contributed by atoms with Crippen molar-refractivity contribution in [3.8, 4) is 0 Å². The summed E-state index contributed by atoms with van der Waals surface area (Å²) in [6.07, 6.45) is 9.66. The lowest BCUT2D eigenvalue weighted by atomic mass is 9.89. The number of thiophene rings is 1. The van der Waals surface area contributed by atoms with Crippen LogP contribution < -0.4 is 0 Å². The summed E-state index contributed by atoms with van der Waals surface area (Å²) in [6, 6.07) is 1.95. The Kier molecular flexibility index (Phi) is 11.0. The van der Waals surface area contributed by atoms with Gasteiger partial charge in [-0.25, -0.2) is 0 Å². The lowest BCUT2D eigenvalue weighted by Gasteiger charge is -2.19. The van der Waals surface area contributed by atoms with Gasteiger partial charge in [-0.05, 0) is 57.4 Å². The Bertz CT molecular complexity index is 670. The first-order valence-corrected chi connectivity index (χ1v) is 11.9. The number of hydrogen-bond acceptors (Lipinski definition) is 6. The van der Waals surface area contributed by atoms with Crippen LogP contribution in [0.3, 0.4) is 0 Å². The minimum atomic E-state index is -0.660. The second-order valence-electron chi connectivity index (χ2n) is 8.19. The summed E-state index contributed by atoms with van der Waals surface area (Å²) < 4.78 is 0. The highest BCUT2D eigenvalue weighted by Gasteiger charge is 2.39. The van der Waals surface area contributed by atoms with Gasteiger partial charge in [0.2, 0.25) is 0 Å². The van der Waals surface area contributed by atoms with Crippen LogP contribution in [0.15, 0.2) is 30.4 Å². The summed E-state index contributed by atoms with van der Waals surface area (Å²) in [4.78, 5) is 2.23. The van der Waals surface area contributed by atoms with Crippen LogP contribution in [-0.2, 0) is 6.42 Å². The summed E-state index contributed by atoms with van der Waals surface area (Å²) in [7, 11) is 0. The Hall–Kier alpha value is -0.730. The van der Waals surface area contributed by atoms with E-state index in [1.807, 2.05) is 31.2 Å². The molecule has 1 heterocycles. The van der Waals surface area contributed by atoms with E-state index in [2.05, 4.69) is 0 Å². The van der Waals surface area contributed by atoms with Crippen molar-refractivity contribution in [3.63, 3.8) is 0 Å². The lowest BCUT2D eigenvalue weighted by Crippen LogP contribution is -2.20. The van der Waals surface area contributed by atoms with Gasteiger partial charge in [0.1, 0.15) is 0 Å². The van der Waals surface area contributed by atoms with Gasteiger partial charge in [-0.1, -0.05) is 35.9 Å². The fourth-order valence-electron chi connectivity index (χ4n) is 3.92. The van der Waals surface area contributed by atoms with Crippen LogP contribution in [0, 0.1) is 18.8 Å². The molecule has 0 aliphatic heterocycles. The summed E-state index contributed by atoms with van der Waals surface area (Å²) >= 11 is 7.73. The van der Waals surface area contributed by atoms with Gasteiger partial charge in [0.15, 0.2) is 0 Å². The molecule has 170 valence electrons. The number of allylic oxidation sites excluding steroid dienone is 2. The maximum atomic E-state index is 10.3. The van der Waals surface area contributed by atoms with E-state index in [9.17, 15) is 20.4 Å². The zero-order valence-corrected chi connectivity index (χ0v) is 19.1. The number of halogens is 1. The number of unbranched alkanes of at least 4 members (excludes halogenated alkanes) is 1. The second-order valence-corrected chi connectivity index (χ2v) is 9.94. The van der Waals surface area contributed by atoms with Crippen molar-refractivity contribution in [1.82, 2.24) is 0 Å². The van der Waals surface area contributed by atoms with Crippen molar-refractivity contribution in [2.45, 2.75) is 76.3 Å². The first kappa shape index (κ1) is 25.5. The summed E-state index contributed by atoms with van der Waals surface area (Å²) in [5, 5.41) is 49.9. The van der Waals surface area contributed by atoms with Crippen LogP contribution in [0.4, 0.5) is 0 Å². The molecule has 7 heteroatoms. The van der Waals surface area contributed by atoms with Gasteiger partial charge in [-0.2, -0.15) is 0 Å². The number of rotatable bonds is 12. The number of aliphatic hydroxyl groups excluding tert-OH is 5. The van der Waals surface area contributed by atoms with E-state index in [-0.39, 0.29) is 18.4 Å². The van der Waals surface area contributed by atoms with Gasteiger partial charge in [0.25, 0.3) is 0 Å². The predicted molar refractivity (Wildman–Crippen MR) is 122 cm³/mol. The molecule has 0 bridgehead atoms. The molecule has 2 rings (SSSR count). The van der Waals surface area contributed by atoms with E-state index < -0.39 is 24.4 Å². The molecule has 1 aliphatic carbocycles. The molecule has 1 unspecified atom stereocenters. The summed E-state index contributed by atoms with van der Waals surface area (Å²) in [5.41, 5.74) is 0. The van der Waals surface area contributed by atoms with Crippen LogP contribution in [0.2, 0.25) is 5.02 Å². The Morgan fingerprint density at radius 1 is 1.20 bits per heavy atom. The van der Waals surface area contributed by atoms with E-state index in [4.69, 9.17) is 16.7 Å². The summed E-state index contributed by atoms with van der Waals surface area (Å²) in [5.74, 6) is -0.268. The Labute approximate surface area is 188 Å². The monoisotopic (exact) mass is 458 g/mol. The Balaban J connectivity index is 1.81. The fourth-order valence-corrected chi connectivity index (χ4v) is 5.18. The van der Waals surface area contributed by atoms with Crippen molar-refractivity contribution < 1.29 is 25.5 Å². The molecule has 0 aromatic carbocycles. The van der Waals surface area contributed by atoms with Gasteiger partial charge in [-0.3, -0.25) is 0 Å². The Morgan fingerprint density at radius 2 is 1.97 bits per heavy atom. The highest BCUT2D eigenvalue weighted by Crippen LogP contribution is 2.36. The lowest BCUT2D eigenvalue weighted by molar-refractivity contribution is 0.0868. The van der Waals surface area contributed by atoms with Crippen LogP contribution in [0.25, 0.3) is 0 Å². The molecule has 30 heavy (non-hydrogen) atoms. The number of hydrogen-bond donors (Lipinski definition) is 5. The SMILES string of the molecule is Cc1sc(CC[C@H](O)/C=C/[C@@H]2[C@@H](C/C=C\CCCC(O)CO)[C@@H](O)C[C@H]2O)cc1Cl. The molecule has 0 radical (unpaired) electrons. The normalized spacial score (nSPS) is 26.8. The molecule has 1 aliphatic rings. The average Bonchev–Trinajstić information content (AvgIpc) is 3.17. The molecular formula is C23H35ClO5S. The molecule has 1 fully saturated rings. The minimum absolute atomic E-state index is 0.0820. The maximum absolute atomic E-state index is 10.3. The van der Waals surface area contributed by atoms with Gasteiger partial charge in [-0.15, -0.1) is 11.3 Å². The smallest absolute Gasteiger partial charge is 0.0771 e. The van der Waals surface area contributed by atoms with E-state index in [1.54, 1.807) is 17.4 Å². The molecule has 1 saturated carbocycles. The molecule has 0 saturated heterocycles. The van der Waals surface area contributed by atoms with E-state index in [1.165, 1.54) is 0 Å². The molecule has 0 spiro atoms. The average molecular weight is 459 g/mol. The summed E-state index contributed by atoms with van der Waals surface area (Å²) in [6.45, 7) is 1.77. The molecule has 5 N–H and O–H groups in total. The second kappa shape index (κ2) is 13.0. The first-order valence-electron chi connectivity index (χ1n) is 10.7. The fraction of sp³-hybridized carbons (Fsp3) is 0.652. The van der Waals surface area contributed by atoms with Crippen LogP contribution in [-0.4, -0.2) is 56.6 Å². The quantitative estimate of drug-likeness (QED) is 0.244. The van der Waals surface area contributed by atoms with Gasteiger partial charge in [0.05, 0.1) is 36.0 Å². The highest BCUT2D eigenvalue weighted by atomic mass is 35.5. The number of aryl methyl sites for hydroxylation is 2. The molecule has 0 amide bonds. The van der Waals surface area contributed by atoms with E-state index in [0.717, 1.165) is 34.0 Å². The van der Waals surface area contributed by atoms with Crippen molar-refractivity contribution >= 4 is 22.9 Å². The van der Waals surface area contributed by atoms with Crippen LogP contribution in [0.5, 0.6) is 0 Å². The topological polar surface area (TPSA) is 101 Å². The van der Waals surface area contributed by atoms with Crippen molar-refractivity contribution in [1.29, 1.82) is 0 Å². The molecule has 6 atom stereocenters. The van der Waals surface area contributed by atoms with Crippen LogP contribution in [0.1, 0.15) is 48.3 Å². The number of aliphatic hydroxyl groups is 5. The predicted octanol–water partition coefficient (Wildman–Crippen LogP) is 3.39. The van der Waals surface area contributed by atoms with Crippen molar-refractivity contribution in [3.05, 3.63) is 45.1 Å². The van der Waals surface area contributed by atoms with Gasteiger partial charge in [0, 0.05) is 22.1 Å².